The molecule has 126 valence electrons. The van der Waals surface area contributed by atoms with Crippen LogP contribution in [0.25, 0.3) is 11.3 Å². The number of aryl methyl sites for hydroxylation is 1. The van der Waals surface area contributed by atoms with Crippen LogP contribution in [0, 0.1) is 0 Å². The molecule has 1 aromatic carbocycles. The van der Waals surface area contributed by atoms with Crippen molar-refractivity contribution in [2.45, 2.75) is 51.9 Å². The van der Waals surface area contributed by atoms with Gasteiger partial charge in [-0.3, -0.25) is 0 Å². The minimum atomic E-state index is 0.624. The first-order valence-corrected chi connectivity index (χ1v) is 8.78. The molecule has 23 heavy (non-hydrogen) atoms. The highest BCUT2D eigenvalue weighted by molar-refractivity contribution is 5.61. The molecule has 0 unspecified atom stereocenters. The van der Waals surface area contributed by atoms with Crippen molar-refractivity contribution in [3.8, 4) is 11.3 Å². The highest BCUT2D eigenvalue weighted by atomic mass is 17.2. The van der Waals surface area contributed by atoms with E-state index in [0.717, 1.165) is 18.6 Å². The van der Waals surface area contributed by atoms with Crippen molar-refractivity contribution >= 4 is 0 Å². The van der Waals surface area contributed by atoms with E-state index >= 15 is 0 Å². The van der Waals surface area contributed by atoms with Gasteiger partial charge in [0.15, 0.2) is 0 Å². The maximum absolute atomic E-state index is 5.54. The Kier molecular flexibility index (Phi) is 8.52. The third-order valence-electron chi connectivity index (χ3n) is 3.93. The standard InChI is InChI=1S/C20H28O3/c1-2-22-23-17-10-6-4-3-5-7-12-18-13-8-9-14-19(18)20-15-11-16-21-20/h8-9,11,13-16H,2-7,10,12,17H2,1H3. The number of benzene rings is 1. The van der Waals surface area contributed by atoms with Crippen LogP contribution in [0.15, 0.2) is 47.1 Å². The molecular formula is C20H28O3. The maximum Gasteiger partial charge on any atom is 0.134 e. The van der Waals surface area contributed by atoms with Crippen molar-refractivity contribution < 1.29 is 14.2 Å². The van der Waals surface area contributed by atoms with E-state index in [4.69, 9.17) is 14.2 Å². The van der Waals surface area contributed by atoms with Gasteiger partial charge in [-0.05, 0) is 43.9 Å². The number of furan rings is 1. The molecule has 0 aliphatic heterocycles. The van der Waals surface area contributed by atoms with Crippen LogP contribution in [0.2, 0.25) is 0 Å². The maximum atomic E-state index is 5.54. The summed E-state index contributed by atoms with van der Waals surface area (Å²) in [5, 5.41) is 0. The van der Waals surface area contributed by atoms with Crippen LogP contribution in [0.1, 0.15) is 51.0 Å². The summed E-state index contributed by atoms with van der Waals surface area (Å²) in [6.45, 7) is 3.27. The lowest BCUT2D eigenvalue weighted by atomic mass is 9.99. The van der Waals surface area contributed by atoms with Gasteiger partial charge in [0.25, 0.3) is 0 Å². The molecule has 0 saturated heterocycles. The molecule has 3 nitrogen and oxygen atoms in total. The number of hydrogen-bond donors (Lipinski definition) is 0. The quantitative estimate of drug-likeness (QED) is 0.282. The Bertz CT molecular complexity index is 519. The molecule has 0 atom stereocenters. The summed E-state index contributed by atoms with van der Waals surface area (Å²) in [4.78, 5) is 9.87. The van der Waals surface area contributed by atoms with Gasteiger partial charge in [-0.2, -0.15) is 0 Å². The molecule has 2 rings (SSSR count). The second-order valence-corrected chi connectivity index (χ2v) is 5.73. The zero-order valence-electron chi connectivity index (χ0n) is 14.1. The van der Waals surface area contributed by atoms with Gasteiger partial charge in [-0.25, -0.2) is 9.78 Å². The Morgan fingerprint density at radius 2 is 1.61 bits per heavy atom. The van der Waals surface area contributed by atoms with E-state index < -0.39 is 0 Å². The van der Waals surface area contributed by atoms with Crippen molar-refractivity contribution in [1.29, 1.82) is 0 Å². The Balaban J connectivity index is 1.60. The number of hydrogen-bond acceptors (Lipinski definition) is 3. The lowest BCUT2D eigenvalue weighted by Crippen LogP contribution is -1.96. The SMILES string of the molecule is CCOOCCCCCCCCc1ccccc1-c1ccco1. The van der Waals surface area contributed by atoms with Crippen LogP contribution in [-0.4, -0.2) is 13.2 Å². The highest BCUT2D eigenvalue weighted by Gasteiger charge is 2.06. The van der Waals surface area contributed by atoms with Crippen molar-refractivity contribution in [2.24, 2.45) is 0 Å². The smallest absolute Gasteiger partial charge is 0.134 e. The zero-order valence-corrected chi connectivity index (χ0v) is 14.1. The van der Waals surface area contributed by atoms with Crippen molar-refractivity contribution in [3.63, 3.8) is 0 Å². The van der Waals surface area contributed by atoms with Gasteiger partial charge in [0.2, 0.25) is 0 Å². The van der Waals surface area contributed by atoms with Crippen molar-refractivity contribution in [3.05, 3.63) is 48.2 Å². The lowest BCUT2D eigenvalue weighted by Gasteiger charge is -2.07. The first-order valence-electron chi connectivity index (χ1n) is 8.78. The molecule has 1 heterocycles. The van der Waals surface area contributed by atoms with Crippen LogP contribution in [0.5, 0.6) is 0 Å². The molecule has 0 spiro atoms. The normalized spacial score (nSPS) is 11.0. The molecule has 3 heteroatoms. The second kappa shape index (κ2) is 11.0. The predicted octanol–water partition coefficient (Wildman–Crippen LogP) is 5.80. The number of rotatable bonds is 12. The van der Waals surface area contributed by atoms with Crippen LogP contribution >= 0.6 is 0 Å². The van der Waals surface area contributed by atoms with Gasteiger partial charge in [0, 0.05) is 5.56 Å². The molecule has 0 amide bonds. The average Bonchev–Trinajstić information content (AvgIpc) is 3.11. The first-order chi connectivity index (χ1) is 11.4. The van der Waals surface area contributed by atoms with Gasteiger partial charge in [0.1, 0.15) is 5.76 Å². The van der Waals surface area contributed by atoms with E-state index in [0.29, 0.717) is 13.2 Å². The lowest BCUT2D eigenvalue weighted by molar-refractivity contribution is -0.291. The summed E-state index contributed by atoms with van der Waals surface area (Å²) >= 11 is 0. The Morgan fingerprint density at radius 3 is 2.39 bits per heavy atom. The summed E-state index contributed by atoms with van der Waals surface area (Å²) in [6, 6.07) is 12.5. The summed E-state index contributed by atoms with van der Waals surface area (Å²) in [5.41, 5.74) is 2.61. The van der Waals surface area contributed by atoms with Crippen molar-refractivity contribution in [2.75, 3.05) is 13.2 Å². The zero-order chi connectivity index (χ0) is 16.2. The fourth-order valence-corrected chi connectivity index (χ4v) is 2.74. The summed E-state index contributed by atoms with van der Waals surface area (Å²) in [7, 11) is 0. The highest BCUT2D eigenvalue weighted by Crippen LogP contribution is 2.25. The average molecular weight is 316 g/mol. The fourth-order valence-electron chi connectivity index (χ4n) is 2.74. The monoisotopic (exact) mass is 316 g/mol. The van der Waals surface area contributed by atoms with Gasteiger partial charge < -0.3 is 4.42 Å². The molecule has 1 aromatic heterocycles. The summed E-state index contributed by atoms with van der Waals surface area (Å²) in [5.74, 6) is 0.967. The van der Waals surface area contributed by atoms with E-state index in [1.54, 1.807) is 6.26 Å². The predicted molar refractivity (Wildman–Crippen MR) is 93.1 cm³/mol. The fraction of sp³-hybridized carbons (Fsp3) is 0.500. The second-order valence-electron chi connectivity index (χ2n) is 5.73. The minimum absolute atomic E-state index is 0.624. The molecule has 0 aliphatic carbocycles. The summed E-state index contributed by atoms with van der Waals surface area (Å²) in [6.07, 6.45) is 10.2. The molecule has 0 aliphatic rings. The van der Waals surface area contributed by atoms with Crippen LogP contribution in [-0.2, 0) is 16.2 Å². The third-order valence-corrected chi connectivity index (χ3v) is 3.93. The molecule has 2 aromatic rings. The Morgan fingerprint density at radius 1 is 0.826 bits per heavy atom. The van der Waals surface area contributed by atoms with E-state index in [9.17, 15) is 0 Å². The van der Waals surface area contributed by atoms with Crippen molar-refractivity contribution in [1.82, 2.24) is 0 Å². The molecule has 0 saturated carbocycles. The minimum Gasteiger partial charge on any atom is -0.464 e. The Hall–Kier alpha value is -1.58. The van der Waals surface area contributed by atoms with E-state index in [1.165, 1.54) is 43.2 Å². The van der Waals surface area contributed by atoms with E-state index in [2.05, 4.69) is 24.3 Å². The van der Waals surface area contributed by atoms with E-state index in [1.807, 2.05) is 19.1 Å². The van der Waals surface area contributed by atoms with Gasteiger partial charge >= 0.3 is 0 Å². The Labute approximate surface area is 139 Å². The largest absolute Gasteiger partial charge is 0.464 e. The van der Waals surface area contributed by atoms with Gasteiger partial charge in [-0.1, -0.05) is 49.9 Å². The molecule has 0 N–H and O–H groups in total. The topological polar surface area (TPSA) is 31.6 Å². The van der Waals surface area contributed by atoms with Crippen LogP contribution in [0.4, 0.5) is 0 Å². The molecule has 0 fully saturated rings. The van der Waals surface area contributed by atoms with Gasteiger partial charge in [-0.15, -0.1) is 0 Å². The van der Waals surface area contributed by atoms with Crippen LogP contribution in [0.3, 0.4) is 0 Å². The molecule has 0 bridgehead atoms. The van der Waals surface area contributed by atoms with Gasteiger partial charge in [0.05, 0.1) is 19.5 Å². The molecule has 0 radical (unpaired) electrons. The third kappa shape index (κ3) is 6.59. The number of unbranched alkanes of at least 4 members (excludes halogenated alkanes) is 5. The first kappa shape index (κ1) is 17.8. The molecular weight excluding hydrogens is 288 g/mol. The summed E-state index contributed by atoms with van der Waals surface area (Å²) < 4.78 is 5.54. The van der Waals surface area contributed by atoms with Crippen LogP contribution < -0.4 is 0 Å². The van der Waals surface area contributed by atoms with E-state index in [-0.39, 0.29) is 0 Å².